The van der Waals surface area contributed by atoms with Crippen LogP contribution < -0.4 is 10.5 Å². The molecule has 0 aliphatic heterocycles. The number of aromatic nitrogens is 2. The van der Waals surface area contributed by atoms with Crippen molar-refractivity contribution in [2.45, 2.75) is 11.9 Å². The van der Waals surface area contributed by atoms with Gasteiger partial charge in [-0.2, -0.15) is 8.42 Å². The van der Waals surface area contributed by atoms with E-state index in [0.29, 0.717) is 5.56 Å². The van der Waals surface area contributed by atoms with E-state index in [4.69, 9.17) is 5.73 Å². The lowest BCUT2D eigenvalue weighted by molar-refractivity contribution is 0.589. The highest BCUT2D eigenvalue weighted by molar-refractivity contribution is 7.92. The van der Waals surface area contributed by atoms with E-state index < -0.39 is 15.8 Å². The van der Waals surface area contributed by atoms with Crippen molar-refractivity contribution < 1.29 is 12.8 Å². The Morgan fingerprint density at radius 2 is 2.11 bits per heavy atom. The molecule has 6 nitrogen and oxygen atoms in total. The van der Waals surface area contributed by atoms with Gasteiger partial charge in [0, 0.05) is 7.05 Å². The molecule has 19 heavy (non-hydrogen) atoms. The van der Waals surface area contributed by atoms with Gasteiger partial charge < -0.3 is 10.3 Å². The zero-order valence-electron chi connectivity index (χ0n) is 10.4. The molecule has 1 aromatic carbocycles. The summed E-state index contributed by atoms with van der Waals surface area (Å²) in [5.74, 6) is -0.784. The molecule has 0 bridgehead atoms. The van der Waals surface area contributed by atoms with Crippen molar-refractivity contribution in [1.29, 1.82) is 0 Å². The van der Waals surface area contributed by atoms with Crippen molar-refractivity contribution in [1.82, 2.24) is 9.55 Å². The highest BCUT2D eigenvalue weighted by Crippen LogP contribution is 2.24. The van der Waals surface area contributed by atoms with Crippen molar-refractivity contribution in [3.8, 4) is 0 Å². The molecule has 0 fully saturated rings. The van der Waals surface area contributed by atoms with E-state index in [-0.39, 0.29) is 16.5 Å². The van der Waals surface area contributed by atoms with Crippen LogP contribution >= 0.6 is 0 Å². The normalized spacial score (nSPS) is 11.5. The van der Waals surface area contributed by atoms with Crippen molar-refractivity contribution in [2.24, 2.45) is 7.05 Å². The third-order valence-corrected chi connectivity index (χ3v) is 4.10. The number of nitrogens with one attached hydrogen (secondary N) is 1. The quantitative estimate of drug-likeness (QED) is 0.887. The standard InChI is InChI=1S/C11H13FN4O2S/c1-7-4-3-5-8(12)9(7)15-19(17,18)11-10(13)14-6-16(11)2/h3-6,15H,13H2,1-2H3. The number of imidazole rings is 1. The Morgan fingerprint density at radius 3 is 2.63 bits per heavy atom. The number of nitrogens with two attached hydrogens (primary N) is 1. The number of benzene rings is 1. The number of sulfonamides is 1. The maximum absolute atomic E-state index is 13.6. The lowest BCUT2D eigenvalue weighted by Crippen LogP contribution is -2.19. The average Bonchev–Trinajstić information content (AvgIpc) is 2.64. The fourth-order valence-corrected chi connectivity index (χ4v) is 3.09. The molecule has 2 aromatic rings. The molecule has 1 aromatic heterocycles. The van der Waals surface area contributed by atoms with Crippen molar-refractivity contribution in [3.05, 3.63) is 35.9 Å². The molecule has 0 amide bonds. The summed E-state index contributed by atoms with van der Waals surface area (Å²) in [6.07, 6.45) is 1.28. The lowest BCUT2D eigenvalue weighted by atomic mass is 10.2. The van der Waals surface area contributed by atoms with E-state index in [0.717, 1.165) is 0 Å². The van der Waals surface area contributed by atoms with E-state index >= 15 is 0 Å². The monoisotopic (exact) mass is 284 g/mol. The summed E-state index contributed by atoms with van der Waals surface area (Å²) >= 11 is 0. The maximum atomic E-state index is 13.6. The van der Waals surface area contributed by atoms with Crippen LogP contribution in [0.15, 0.2) is 29.6 Å². The first-order valence-electron chi connectivity index (χ1n) is 5.37. The minimum atomic E-state index is -3.99. The minimum absolute atomic E-state index is 0.0944. The van der Waals surface area contributed by atoms with Crippen LogP contribution in [0.25, 0.3) is 0 Å². The second-order valence-electron chi connectivity index (χ2n) is 4.08. The van der Waals surface area contributed by atoms with Crippen LogP contribution in [0.3, 0.4) is 0 Å². The third kappa shape index (κ3) is 2.39. The van der Waals surface area contributed by atoms with Crippen molar-refractivity contribution in [3.63, 3.8) is 0 Å². The van der Waals surface area contributed by atoms with Gasteiger partial charge in [-0.3, -0.25) is 4.72 Å². The number of rotatable bonds is 3. The Bertz CT molecular complexity index is 685. The highest BCUT2D eigenvalue weighted by atomic mass is 32.2. The third-order valence-electron chi connectivity index (χ3n) is 2.62. The zero-order valence-corrected chi connectivity index (χ0v) is 11.2. The molecule has 0 saturated heterocycles. The summed E-state index contributed by atoms with van der Waals surface area (Å²) in [5.41, 5.74) is 5.89. The molecule has 102 valence electrons. The maximum Gasteiger partial charge on any atom is 0.281 e. The zero-order chi connectivity index (χ0) is 14.2. The molecule has 0 aliphatic rings. The number of para-hydroxylation sites is 1. The first-order chi connectivity index (χ1) is 8.83. The van der Waals surface area contributed by atoms with Gasteiger partial charge in [-0.25, -0.2) is 9.37 Å². The molecule has 0 spiro atoms. The highest BCUT2D eigenvalue weighted by Gasteiger charge is 2.24. The van der Waals surface area contributed by atoms with E-state index in [9.17, 15) is 12.8 Å². The largest absolute Gasteiger partial charge is 0.381 e. The van der Waals surface area contributed by atoms with Gasteiger partial charge in [0.15, 0.2) is 10.8 Å². The molecule has 1 heterocycles. The number of aryl methyl sites for hydroxylation is 2. The van der Waals surface area contributed by atoms with E-state index in [1.165, 1.54) is 30.1 Å². The second-order valence-corrected chi connectivity index (χ2v) is 5.68. The topological polar surface area (TPSA) is 90.0 Å². The SMILES string of the molecule is Cc1cccc(F)c1NS(=O)(=O)c1c(N)ncn1C. The second kappa shape index (κ2) is 4.54. The molecular weight excluding hydrogens is 271 g/mol. The molecule has 8 heteroatoms. The van der Waals surface area contributed by atoms with Crippen LogP contribution in [0.4, 0.5) is 15.9 Å². The summed E-state index contributed by atoms with van der Waals surface area (Å²) in [6, 6.07) is 4.28. The number of halogens is 1. The van der Waals surface area contributed by atoms with Gasteiger partial charge in [-0.05, 0) is 18.6 Å². The average molecular weight is 284 g/mol. The predicted molar refractivity (Wildman–Crippen MR) is 69.6 cm³/mol. The number of anilines is 2. The molecule has 0 radical (unpaired) electrons. The van der Waals surface area contributed by atoms with Crippen LogP contribution in [0.1, 0.15) is 5.56 Å². The van der Waals surface area contributed by atoms with E-state index in [1.807, 2.05) is 0 Å². The molecule has 0 saturated carbocycles. The van der Waals surface area contributed by atoms with Gasteiger partial charge in [0.25, 0.3) is 10.0 Å². The molecule has 0 aliphatic carbocycles. The summed E-state index contributed by atoms with van der Waals surface area (Å²) < 4.78 is 41.5. The Kier molecular flexibility index (Phi) is 3.19. The fraction of sp³-hybridized carbons (Fsp3) is 0.182. The molecule has 3 N–H and O–H groups in total. The van der Waals surface area contributed by atoms with Gasteiger partial charge in [0.05, 0.1) is 12.0 Å². The summed E-state index contributed by atoms with van der Waals surface area (Å²) in [4.78, 5) is 3.70. The van der Waals surface area contributed by atoms with E-state index in [2.05, 4.69) is 9.71 Å². The smallest absolute Gasteiger partial charge is 0.281 e. The number of hydrogen-bond donors (Lipinski definition) is 2. The van der Waals surface area contributed by atoms with Gasteiger partial charge in [-0.1, -0.05) is 12.1 Å². The van der Waals surface area contributed by atoms with Gasteiger partial charge in [0.1, 0.15) is 5.82 Å². The van der Waals surface area contributed by atoms with Crippen molar-refractivity contribution >= 4 is 21.5 Å². The molecule has 2 rings (SSSR count). The van der Waals surface area contributed by atoms with Crippen LogP contribution in [-0.4, -0.2) is 18.0 Å². The minimum Gasteiger partial charge on any atom is -0.381 e. The molecular formula is C11H13FN4O2S. The first-order valence-corrected chi connectivity index (χ1v) is 6.86. The van der Waals surface area contributed by atoms with Gasteiger partial charge >= 0.3 is 0 Å². The predicted octanol–water partition coefficient (Wildman–Crippen LogP) is 1.25. The van der Waals surface area contributed by atoms with Gasteiger partial charge in [0.2, 0.25) is 0 Å². The number of hydrogen-bond acceptors (Lipinski definition) is 4. The van der Waals surface area contributed by atoms with Crippen LogP contribution in [0, 0.1) is 12.7 Å². The summed E-state index contributed by atoms with van der Waals surface area (Å²) in [7, 11) is -2.50. The first kappa shape index (κ1) is 13.3. The Balaban J connectivity index is 2.49. The van der Waals surface area contributed by atoms with E-state index in [1.54, 1.807) is 13.0 Å². The summed E-state index contributed by atoms with van der Waals surface area (Å²) in [6.45, 7) is 1.60. The van der Waals surface area contributed by atoms with Crippen LogP contribution in [0.2, 0.25) is 0 Å². The number of nitrogens with zero attached hydrogens (tertiary/aromatic N) is 2. The van der Waals surface area contributed by atoms with Crippen molar-refractivity contribution in [2.75, 3.05) is 10.5 Å². The Labute approximate surface area is 110 Å². The molecule has 0 atom stereocenters. The summed E-state index contributed by atoms with van der Waals surface area (Å²) in [5, 5.41) is -0.199. The fourth-order valence-electron chi connectivity index (χ4n) is 1.71. The van der Waals surface area contributed by atoms with Crippen LogP contribution in [-0.2, 0) is 17.1 Å². The van der Waals surface area contributed by atoms with Gasteiger partial charge in [-0.15, -0.1) is 0 Å². The number of nitrogen functional groups attached to an aromatic ring is 1. The molecule has 0 unspecified atom stereocenters. The lowest BCUT2D eigenvalue weighted by Gasteiger charge is -2.11. The Hall–Kier alpha value is -2.09. The Morgan fingerprint density at radius 1 is 1.42 bits per heavy atom. The van der Waals surface area contributed by atoms with Crippen LogP contribution in [0.5, 0.6) is 0 Å².